The van der Waals surface area contributed by atoms with E-state index in [1.807, 2.05) is 7.05 Å². The monoisotopic (exact) mass is 361 g/mol. The van der Waals surface area contributed by atoms with Gasteiger partial charge >= 0.3 is 5.69 Å². The van der Waals surface area contributed by atoms with Crippen molar-refractivity contribution in [3.05, 3.63) is 20.8 Å². The van der Waals surface area contributed by atoms with Gasteiger partial charge in [-0.15, -0.1) is 12.4 Å². The van der Waals surface area contributed by atoms with E-state index in [0.717, 1.165) is 35.1 Å². The fourth-order valence-electron chi connectivity index (χ4n) is 2.43. The van der Waals surface area contributed by atoms with Gasteiger partial charge < -0.3 is 9.47 Å². The molecule has 0 aliphatic carbocycles. The van der Waals surface area contributed by atoms with Crippen LogP contribution in [0.4, 0.5) is 0 Å². The van der Waals surface area contributed by atoms with Crippen LogP contribution >= 0.6 is 24.2 Å². The molecular weight excluding hydrogens is 338 g/mol. The maximum absolute atomic E-state index is 12.3. The Bertz CT molecular complexity index is 791. The van der Waals surface area contributed by atoms with Gasteiger partial charge in [0.25, 0.3) is 5.56 Å². The van der Waals surface area contributed by atoms with E-state index in [0.29, 0.717) is 11.2 Å². The Kier molecular flexibility index (Phi) is 6.91. The number of rotatable bonds is 6. The smallest absolute Gasteiger partial charge is 0.316 e. The molecule has 2 aromatic heterocycles. The summed E-state index contributed by atoms with van der Waals surface area (Å²) < 4.78 is 4.32. The minimum absolute atomic E-state index is 0. The maximum Gasteiger partial charge on any atom is 0.332 e. The van der Waals surface area contributed by atoms with E-state index >= 15 is 0 Å². The number of hydrogen-bond acceptors (Lipinski definition) is 5. The van der Waals surface area contributed by atoms with Crippen LogP contribution in [0.2, 0.25) is 0 Å². The number of halogens is 1. The van der Waals surface area contributed by atoms with Crippen molar-refractivity contribution in [3.63, 3.8) is 0 Å². The number of nitrogens with zero attached hydrogens (tertiary/aromatic N) is 5. The lowest BCUT2D eigenvalue weighted by molar-refractivity contribution is 0.324. The molecule has 2 aromatic rings. The normalized spacial score (nSPS) is 11.2. The van der Waals surface area contributed by atoms with Crippen LogP contribution in [-0.2, 0) is 21.1 Å². The number of imidazole rings is 1. The Morgan fingerprint density at radius 1 is 1.04 bits per heavy atom. The Morgan fingerprint density at radius 2 is 1.65 bits per heavy atom. The van der Waals surface area contributed by atoms with Crippen molar-refractivity contribution in [1.29, 1.82) is 0 Å². The summed E-state index contributed by atoms with van der Waals surface area (Å²) in [5.74, 6) is 0.896. The SMILES string of the molecule is CCN(CC)CCSc1nc2c(c(=O)n(C)c(=O)n2C)n1C.Cl. The number of aromatic nitrogens is 4. The van der Waals surface area contributed by atoms with Crippen LogP contribution in [0.3, 0.4) is 0 Å². The van der Waals surface area contributed by atoms with Crippen molar-refractivity contribution < 1.29 is 0 Å². The molecule has 0 bridgehead atoms. The van der Waals surface area contributed by atoms with E-state index in [-0.39, 0.29) is 23.7 Å². The molecule has 0 aliphatic heterocycles. The average molecular weight is 362 g/mol. The van der Waals surface area contributed by atoms with Gasteiger partial charge in [0.1, 0.15) is 0 Å². The van der Waals surface area contributed by atoms with Crippen molar-refractivity contribution in [2.45, 2.75) is 19.0 Å². The van der Waals surface area contributed by atoms with Gasteiger partial charge in [0.05, 0.1) is 0 Å². The minimum atomic E-state index is -0.352. The van der Waals surface area contributed by atoms with Gasteiger partial charge in [0, 0.05) is 33.4 Å². The van der Waals surface area contributed by atoms with Crippen molar-refractivity contribution >= 4 is 35.3 Å². The maximum atomic E-state index is 12.3. The third kappa shape index (κ3) is 3.64. The molecule has 0 fully saturated rings. The number of fused-ring (bicyclic) bond motifs is 1. The molecule has 0 spiro atoms. The number of aryl methyl sites for hydroxylation is 2. The second-order valence-corrected chi connectivity index (χ2v) is 6.27. The molecule has 23 heavy (non-hydrogen) atoms. The van der Waals surface area contributed by atoms with E-state index in [9.17, 15) is 9.59 Å². The molecule has 2 rings (SSSR count). The lowest BCUT2D eigenvalue weighted by Crippen LogP contribution is -2.37. The topological polar surface area (TPSA) is 65.1 Å². The summed E-state index contributed by atoms with van der Waals surface area (Å²) in [6, 6.07) is 0. The summed E-state index contributed by atoms with van der Waals surface area (Å²) in [5.41, 5.74) is 0.259. The van der Waals surface area contributed by atoms with Gasteiger partial charge in [-0.3, -0.25) is 13.9 Å². The third-order valence-electron chi connectivity index (χ3n) is 3.97. The summed E-state index contributed by atoms with van der Waals surface area (Å²) in [6.07, 6.45) is 0. The van der Waals surface area contributed by atoms with E-state index in [1.54, 1.807) is 23.4 Å². The van der Waals surface area contributed by atoms with Crippen LogP contribution in [-0.4, -0.2) is 49.0 Å². The summed E-state index contributed by atoms with van der Waals surface area (Å²) in [5, 5.41) is 0.764. The van der Waals surface area contributed by atoms with Crippen molar-refractivity contribution in [2.24, 2.45) is 21.1 Å². The molecule has 0 saturated heterocycles. The zero-order chi connectivity index (χ0) is 16.4. The van der Waals surface area contributed by atoms with Gasteiger partial charge in [-0.2, -0.15) is 0 Å². The standard InChI is InChI=1S/C14H23N5O2S.ClH/c1-6-19(7-2)8-9-22-13-15-11-10(16(13)3)12(20)18(5)14(21)17(11)4;/h6-9H2,1-5H3;1H. The first-order chi connectivity index (χ1) is 10.4. The summed E-state index contributed by atoms with van der Waals surface area (Å²) in [4.78, 5) is 31.1. The predicted octanol–water partition coefficient (Wildman–Crippen LogP) is 0.826. The van der Waals surface area contributed by atoms with Crippen LogP contribution in [0, 0.1) is 0 Å². The van der Waals surface area contributed by atoms with E-state index < -0.39 is 0 Å². The second kappa shape index (κ2) is 8.03. The number of hydrogen-bond donors (Lipinski definition) is 0. The average Bonchev–Trinajstić information content (AvgIpc) is 2.84. The lowest BCUT2D eigenvalue weighted by atomic mass is 10.5. The van der Waals surface area contributed by atoms with Crippen LogP contribution < -0.4 is 11.2 Å². The van der Waals surface area contributed by atoms with Crippen LogP contribution in [0.1, 0.15) is 13.8 Å². The van der Waals surface area contributed by atoms with Gasteiger partial charge in [-0.05, 0) is 13.1 Å². The highest BCUT2D eigenvalue weighted by molar-refractivity contribution is 7.99. The second-order valence-electron chi connectivity index (χ2n) is 5.21. The Morgan fingerprint density at radius 3 is 2.22 bits per heavy atom. The number of thioether (sulfide) groups is 1. The molecule has 0 radical (unpaired) electrons. The Hall–Kier alpha value is -1.25. The first kappa shape index (κ1) is 19.8. The molecule has 7 nitrogen and oxygen atoms in total. The lowest BCUT2D eigenvalue weighted by Gasteiger charge is -2.16. The molecule has 0 N–H and O–H groups in total. The molecule has 0 amide bonds. The molecule has 2 heterocycles. The summed E-state index contributed by atoms with van der Waals surface area (Å²) in [7, 11) is 4.95. The van der Waals surface area contributed by atoms with Crippen molar-refractivity contribution in [3.8, 4) is 0 Å². The third-order valence-corrected chi connectivity index (χ3v) is 4.98. The van der Waals surface area contributed by atoms with E-state index in [2.05, 4.69) is 23.7 Å². The fourth-order valence-corrected chi connectivity index (χ4v) is 3.40. The largest absolute Gasteiger partial charge is 0.332 e. The first-order valence-electron chi connectivity index (χ1n) is 7.39. The molecule has 130 valence electrons. The van der Waals surface area contributed by atoms with Crippen LogP contribution in [0.15, 0.2) is 14.7 Å². The molecule has 0 saturated carbocycles. The molecule has 0 aromatic carbocycles. The molecular formula is C14H24ClN5O2S. The van der Waals surface area contributed by atoms with E-state index in [4.69, 9.17) is 0 Å². The zero-order valence-electron chi connectivity index (χ0n) is 14.2. The molecule has 0 atom stereocenters. The van der Waals surface area contributed by atoms with Crippen molar-refractivity contribution in [2.75, 3.05) is 25.4 Å². The zero-order valence-corrected chi connectivity index (χ0v) is 15.8. The first-order valence-corrected chi connectivity index (χ1v) is 8.38. The molecule has 9 heteroatoms. The van der Waals surface area contributed by atoms with Gasteiger partial charge in [-0.1, -0.05) is 25.6 Å². The Balaban J connectivity index is 0.00000264. The minimum Gasteiger partial charge on any atom is -0.316 e. The highest BCUT2D eigenvalue weighted by atomic mass is 35.5. The Labute approximate surface area is 145 Å². The summed E-state index contributed by atoms with van der Waals surface area (Å²) in [6.45, 7) is 7.30. The molecule has 0 aliphatic rings. The van der Waals surface area contributed by atoms with Crippen LogP contribution in [0.25, 0.3) is 11.2 Å². The van der Waals surface area contributed by atoms with Gasteiger partial charge in [0.15, 0.2) is 16.3 Å². The predicted molar refractivity (Wildman–Crippen MR) is 97.0 cm³/mol. The highest BCUT2D eigenvalue weighted by Gasteiger charge is 2.17. The van der Waals surface area contributed by atoms with E-state index in [1.165, 1.54) is 11.6 Å². The quantitative estimate of drug-likeness (QED) is 0.713. The fraction of sp³-hybridized carbons (Fsp3) is 0.643. The van der Waals surface area contributed by atoms with Crippen molar-refractivity contribution in [1.82, 2.24) is 23.6 Å². The molecule has 0 unspecified atom stereocenters. The van der Waals surface area contributed by atoms with Crippen LogP contribution in [0.5, 0.6) is 0 Å². The highest BCUT2D eigenvalue weighted by Crippen LogP contribution is 2.19. The van der Waals surface area contributed by atoms with Gasteiger partial charge in [-0.25, -0.2) is 9.78 Å². The summed E-state index contributed by atoms with van der Waals surface area (Å²) >= 11 is 1.61. The van der Waals surface area contributed by atoms with Gasteiger partial charge in [0.2, 0.25) is 0 Å².